The van der Waals surface area contributed by atoms with Crippen molar-refractivity contribution in [3.63, 3.8) is 0 Å². The van der Waals surface area contributed by atoms with Crippen LogP contribution in [0.5, 0.6) is 23.0 Å². The van der Waals surface area contributed by atoms with Crippen molar-refractivity contribution in [1.29, 1.82) is 0 Å². The lowest BCUT2D eigenvalue weighted by Crippen LogP contribution is -1.93. The lowest BCUT2D eigenvalue weighted by Gasteiger charge is -2.14. The highest BCUT2D eigenvalue weighted by Crippen LogP contribution is 2.42. The van der Waals surface area contributed by atoms with E-state index in [1.54, 1.807) is 14.2 Å². The van der Waals surface area contributed by atoms with Gasteiger partial charge in [-0.1, -0.05) is 36.4 Å². The van der Waals surface area contributed by atoms with Gasteiger partial charge in [-0.3, -0.25) is 0 Å². The van der Waals surface area contributed by atoms with Gasteiger partial charge in [0.05, 0.1) is 14.2 Å². The fraction of sp³-hybridized carbons (Fsp3) is 0.143. The quantitative estimate of drug-likeness (QED) is 0.689. The number of benzene rings is 3. The van der Waals surface area contributed by atoms with E-state index in [-0.39, 0.29) is 6.79 Å². The number of para-hydroxylation sites is 1. The Balaban J connectivity index is 1.81. The summed E-state index contributed by atoms with van der Waals surface area (Å²) in [5, 5.41) is 0. The molecular formula is C21H18O4. The Morgan fingerprint density at radius 3 is 2.12 bits per heavy atom. The minimum absolute atomic E-state index is 0.266. The summed E-state index contributed by atoms with van der Waals surface area (Å²) in [5.41, 5.74) is 4.13. The Kier molecular flexibility index (Phi) is 3.94. The Hall–Kier alpha value is -3.14. The van der Waals surface area contributed by atoms with E-state index >= 15 is 0 Å². The first-order valence-electron chi connectivity index (χ1n) is 8.01. The summed E-state index contributed by atoms with van der Waals surface area (Å²) in [5.74, 6) is 3.18. The zero-order valence-electron chi connectivity index (χ0n) is 14.1. The minimum Gasteiger partial charge on any atom is -0.497 e. The lowest BCUT2D eigenvalue weighted by atomic mass is 9.97. The standard InChI is InChI=1S/C21H18O4/c1-22-16-9-6-14(7-10-16)17-4-3-5-18(21(17)23-2)15-8-11-19-20(12-15)25-13-24-19/h3-12H,13H2,1-2H3. The second kappa shape index (κ2) is 6.40. The molecule has 0 amide bonds. The molecule has 0 aliphatic carbocycles. The molecule has 0 bridgehead atoms. The molecule has 1 heterocycles. The predicted molar refractivity (Wildman–Crippen MR) is 96.5 cm³/mol. The third-order valence-electron chi connectivity index (χ3n) is 4.30. The summed E-state index contributed by atoms with van der Waals surface area (Å²) >= 11 is 0. The fourth-order valence-electron chi connectivity index (χ4n) is 3.05. The van der Waals surface area contributed by atoms with Gasteiger partial charge in [-0.15, -0.1) is 0 Å². The summed E-state index contributed by atoms with van der Waals surface area (Å²) in [6, 6.07) is 20.0. The van der Waals surface area contributed by atoms with Crippen LogP contribution in [-0.4, -0.2) is 21.0 Å². The van der Waals surface area contributed by atoms with Gasteiger partial charge in [0, 0.05) is 11.1 Å². The van der Waals surface area contributed by atoms with Crippen LogP contribution in [0.1, 0.15) is 0 Å². The molecule has 1 aliphatic heterocycles. The summed E-state index contributed by atoms with van der Waals surface area (Å²) in [4.78, 5) is 0. The molecule has 4 heteroatoms. The van der Waals surface area contributed by atoms with Crippen molar-refractivity contribution in [2.45, 2.75) is 0 Å². The van der Waals surface area contributed by atoms with Crippen LogP contribution in [0.3, 0.4) is 0 Å². The third-order valence-corrected chi connectivity index (χ3v) is 4.30. The van der Waals surface area contributed by atoms with Gasteiger partial charge in [-0.25, -0.2) is 0 Å². The van der Waals surface area contributed by atoms with E-state index in [1.807, 2.05) is 54.6 Å². The SMILES string of the molecule is COc1ccc(-c2cccc(-c3ccc4c(c3)OCO4)c2OC)cc1. The number of rotatable bonds is 4. The third kappa shape index (κ3) is 2.76. The molecule has 0 saturated carbocycles. The van der Waals surface area contributed by atoms with E-state index in [9.17, 15) is 0 Å². The summed E-state index contributed by atoms with van der Waals surface area (Å²) in [6.07, 6.45) is 0. The first-order chi connectivity index (χ1) is 12.3. The molecule has 0 N–H and O–H groups in total. The number of methoxy groups -OCH3 is 2. The molecule has 0 saturated heterocycles. The van der Waals surface area contributed by atoms with E-state index in [0.29, 0.717) is 0 Å². The second-order valence-electron chi connectivity index (χ2n) is 5.68. The molecule has 1 aliphatic rings. The van der Waals surface area contributed by atoms with Gasteiger partial charge >= 0.3 is 0 Å². The summed E-state index contributed by atoms with van der Waals surface area (Å²) < 4.78 is 21.9. The van der Waals surface area contributed by atoms with Crippen LogP contribution in [0.2, 0.25) is 0 Å². The van der Waals surface area contributed by atoms with Crippen molar-refractivity contribution < 1.29 is 18.9 Å². The first-order valence-corrected chi connectivity index (χ1v) is 8.01. The maximum atomic E-state index is 5.76. The highest BCUT2D eigenvalue weighted by atomic mass is 16.7. The Bertz CT molecular complexity index is 900. The van der Waals surface area contributed by atoms with Crippen LogP contribution in [-0.2, 0) is 0 Å². The van der Waals surface area contributed by atoms with E-state index in [4.69, 9.17) is 18.9 Å². The lowest BCUT2D eigenvalue weighted by molar-refractivity contribution is 0.174. The fourth-order valence-corrected chi connectivity index (χ4v) is 3.05. The average Bonchev–Trinajstić information content (AvgIpc) is 3.15. The molecule has 4 nitrogen and oxygen atoms in total. The van der Waals surface area contributed by atoms with Crippen molar-refractivity contribution in [2.24, 2.45) is 0 Å². The molecule has 3 aromatic carbocycles. The highest BCUT2D eigenvalue weighted by Gasteiger charge is 2.17. The normalized spacial score (nSPS) is 12.1. The smallest absolute Gasteiger partial charge is 0.231 e. The van der Waals surface area contributed by atoms with Crippen molar-refractivity contribution in [3.05, 3.63) is 60.7 Å². The molecule has 0 fully saturated rings. The molecule has 0 aromatic heterocycles. The number of hydrogen-bond acceptors (Lipinski definition) is 4. The maximum Gasteiger partial charge on any atom is 0.231 e. The highest BCUT2D eigenvalue weighted by molar-refractivity contribution is 5.83. The molecular weight excluding hydrogens is 316 g/mol. The Morgan fingerprint density at radius 2 is 1.40 bits per heavy atom. The molecule has 0 atom stereocenters. The first kappa shape index (κ1) is 15.4. The number of fused-ring (bicyclic) bond motifs is 1. The molecule has 3 aromatic rings. The maximum absolute atomic E-state index is 5.76. The van der Waals surface area contributed by atoms with E-state index in [2.05, 4.69) is 6.07 Å². The number of ether oxygens (including phenoxy) is 4. The van der Waals surface area contributed by atoms with Gasteiger partial charge in [0.25, 0.3) is 0 Å². The molecule has 0 unspecified atom stereocenters. The van der Waals surface area contributed by atoms with Crippen LogP contribution in [0.4, 0.5) is 0 Å². The second-order valence-corrected chi connectivity index (χ2v) is 5.68. The topological polar surface area (TPSA) is 36.9 Å². The zero-order chi connectivity index (χ0) is 17.2. The van der Waals surface area contributed by atoms with Gasteiger partial charge in [0.1, 0.15) is 11.5 Å². The zero-order valence-corrected chi connectivity index (χ0v) is 14.1. The van der Waals surface area contributed by atoms with E-state index < -0.39 is 0 Å². The van der Waals surface area contributed by atoms with E-state index in [0.717, 1.165) is 45.3 Å². The van der Waals surface area contributed by atoms with Gasteiger partial charge in [-0.2, -0.15) is 0 Å². The minimum atomic E-state index is 0.266. The number of hydrogen-bond donors (Lipinski definition) is 0. The van der Waals surface area contributed by atoms with Crippen molar-refractivity contribution >= 4 is 0 Å². The summed E-state index contributed by atoms with van der Waals surface area (Å²) in [7, 11) is 3.36. The van der Waals surface area contributed by atoms with Crippen LogP contribution in [0.25, 0.3) is 22.3 Å². The van der Waals surface area contributed by atoms with E-state index in [1.165, 1.54) is 0 Å². The monoisotopic (exact) mass is 334 g/mol. The van der Waals surface area contributed by atoms with Crippen LogP contribution >= 0.6 is 0 Å². The molecule has 4 rings (SSSR count). The Labute approximate surface area is 146 Å². The van der Waals surface area contributed by atoms with Crippen LogP contribution < -0.4 is 18.9 Å². The van der Waals surface area contributed by atoms with Crippen molar-refractivity contribution in [2.75, 3.05) is 21.0 Å². The molecule has 0 spiro atoms. The molecule has 25 heavy (non-hydrogen) atoms. The van der Waals surface area contributed by atoms with Crippen molar-refractivity contribution in [1.82, 2.24) is 0 Å². The van der Waals surface area contributed by atoms with Crippen LogP contribution in [0, 0.1) is 0 Å². The van der Waals surface area contributed by atoms with Crippen molar-refractivity contribution in [3.8, 4) is 45.3 Å². The van der Waals surface area contributed by atoms with Gasteiger partial charge in [0.15, 0.2) is 11.5 Å². The Morgan fingerprint density at radius 1 is 0.720 bits per heavy atom. The van der Waals surface area contributed by atoms with Gasteiger partial charge < -0.3 is 18.9 Å². The molecule has 126 valence electrons. The summed E-state index contributed by atoms with van der Waals surface area (Å²) in [6.45, 7) is 0.266. The predicted octanol–water partition coefficient (Wildman–Crippen LogP) is 4.77. The van der Waals surface area contributed by atoms with Crippen LogP contribution in [0.15, 0.2) is 60.7 Å². The van der Waals surface area contributed by atoms with Gasteiger partial charge in [-0.05, 0) is 35.4 Å². The van der Waals surface area contributed by atoms with Gasteiger partial charge in [0.2, 0.25) is 6.79 Å². The largest absolute Gasteiger partial charge is 0.497 e. The molecule has 0 radical (unpaired) electrons. The average molecular weight is 334 g/mol.